The zero-order chi connectivity index (χ0) is 24.1. The van der Waals surface area contributed by atoms with Crippen LogP contribution in [-0.4, -0.2) is 64.9 Å². The number of aromatic nitrogens is 2. The summed E-state index contributed by atoms with van der Waals surface area (Å²) >= 11 is 1.48. The van der Waals surface area contributed by atoms with Crippen LogP contribution in [0.25, 0.3) is 11.4 Å². The lowest BCUT2D eigenvalue weighted by Crippen LogP contribution is -2.48. The van der Waals surface area contributed by atoms with Crippen molar-refractivity contribution < 1.29 is 27.2 Å². The number of rotatable bonds is 7. The average Bonchev–Trinajstić information content (AvgIpc) is 3.31. The summed E-state index contributed by atoms with van der Waals surface area (Å²) in [5.74, 6) is 1.64. The van der Waals surface area contributed by atoms with Crippen LogP contribution in [0.5, 0.6) is 5.75 Å². The molecule has 1 amide bonds. The van der Waals surface area contributed by atoms with Gasteiger partial charge in [0, 0.05) is 36.6 Å². The highest BCUT2D eigenvalue weighted by Crippen LogP contribution is 2.31. The number of halogens is 3. The molecule has 2 aromatic carbocycles. The van der Waals surface area contributed by atoms with E-state index in [1.807, 2.05) is 29.2 Å². The second-order valence-corrected chi connectivity index (χ2v) is 8.76. The van der Waals surface area contributed by atoms with E-state index in [4.69, 9.17) is 9.26 Å². The predicted molar refractivity (Wildman–Crippen MR) is 120 cm³/mol. The van der Waals surface area contributed by atoms with Gasteiger partial charge in [0.05, 0.1) is 25.0 Å². The molecule has 180 valence electrons. The first-order chi connectivity index (χ1) is 16.3. The molecule has 7 nitrogen and oxygen atoms in total. The second kappa shape index (κ2) is 10.5. The second-order valence-electron chi connectivity index (χ2n) is 7.71. The number of hydrogen-bond acceptors (Lipinski definition) is 7. The fraction of sp³-hybridized carbons (Fsp3) is 0.348. The van der Waals surface area contributed by atoms with E-state index in [2.05, 4.69) is 15.0 Å². The van der Waals surface area contributed by atoms with Gasteiger partial charge in [0.2, 0.25) is 17.6 Å². The molecule has 0 aliphatic carbocycles. The van der Waals surface area contributed by atoms with Crippen LogP contribution >= 0.6 is 11.8 Å². The highest BCUT2D eigenvalue weighted by atomic mass is 32.2. The van der Waals surface area contributed by atoms with E-state index in [-0.39, 0.29) is 17.3 Å². The highest BCUT2D eigenvalue weighted by molar-refractivity contribution is 8.00. The van der Waals surface area contributed by atoms with E-state index >= 15 is 0 Å². The summed E-state index contributed by atoms with van der Waals surface area (Å²) in [6.45, 7) is 2.81. The normalized spacial score (nSPS) is 14.9. The van der Waals surface area contributed by atoms with Gasteiger partial charge in [-0.2, -0.15) is 18.2 Å². The number of carbonyl (C=O) groups excluding carboxylic acids is 1. The van der Waals surface area contributed by atoms with Gasteiger partial charge in [-0.1, -0.05) is 17.3 Å². The number of nitrogens with zero attached hydrogens (tertiary/aromatic N) is 4. The van der Waals surface area contributed by atoms with Crippen LogP contribution < -0.4 is 4.74 Å². The number of piperazine rings is 1. The number of thioether (sulfide) groups is 1. The number of alkyl halides is 3. The molecular weight excluding hydrogens is 469 g/mol. The van der Waals surface area contributed by atoms with Crippen molar-refractivity contribution in [2.24, 2.45) is 0 Å². The van der Waals surface area contributed by atoms with Crippen molar-refractivity contribution in [1.29, 1.82) is 0 Å². The van der Waals surface area contributed by atoms with E-state index in [1.165, 1.54) is 23.9 Å². The maximum absolute atomic E-state index is 12.9. The number of hydrogen-bond donors (Lipinski definition) is 0. The highest BCUT2D eigenvalue weighted by Gasteiger charge is 2.31. The van der Waals surface area contributed by atoms with Gasteiger partial charge in [-0.15, -0.1) is 11.8 Å². The van der Waals surface area contributed by atoms with Gasteiger partial charge < -0.3 is 14.2 Å². The van der Waals surface area contributed by atoms with Crippen LogP contribution in [0.3, 0.4) is 0 Å². The molecule has 1 aromatic heterocycles. The van der Waals surface area contributed by atoms with Gasteiger partial charge in [-0.05, 0) is 36.4 Å². The molecule has 1 aliphatic rings. The fourth-order valence-corrected chi connectivity index (χ4v) is 4.33. The van der Waals surface area contributed by atoms with Crippen molar-refractivity contribution in [3.8, 4) is 17.1 Å². The molecule has 0 atom stereocenters. The van der Waals surface area contributed by atoms with Crippen LogP contribution in [-0.2, 0) is 17.5 Å². The van der Waals surface area contributed by atoms with Crippen molar-refractivity contribution in [1.82, 2.24) is 19.9 Å². The molecule has 11 heteroatoms. The number of ether oxygens (including phenoxy) is 1. The summed E-state index contributed by atoms with van der Waals surface area (Å²) in [5, 5.41) is 3.83. The maximum Gasteiger partial charge on any atom is 0.416 e. The zero-order valence-corrected chi connectivity index (χ0v) is 19.2. The molecule has 1 saturated heterocycles. The summed E-state index contributed by atoms with van der Waals surface area (Å²) in [6.07, 6.45) is -4.44. The van der Waals surface area contributed by atoms with E-state index in [9.17, 15) is 18.0 Å². The van der Waals surface area contributed by atoms with Crippen LogP contribution in [0, 0.1) is 0 Å². The predicted octanol–water partition coefficient (Wildman–Crippen LogP) is 4.20. The quantitative estimate of drug-likeness (QED) is 0.458. The van der Waals surface area contributed by atoms with Crippen molar-refractivity contribution in [2.75, 3.05) is 39.0 Å². The first kappa shape index (κ1) is 24.1. The summed E-state index contributed by atoms with van der Waals surface area (Å²) in [7, 11) is 1.61. The molecule has 0 spiro atoms. The largest absolute Gasteiger partial charge is 0.497 e. The van der Waals surface area contributed by atoms with Crippen LogP contribution in [0.1, 0.15) is 11.5 Å². The lowest BCUT2D eigenvalue weighted by Gasteiger charge is -2.33. The molecule has 0 bridgehead atoms. The third-order valence-electron chi connectivity index (χ3n) is 5.42. The monoisotopic (exact) mass is 492 g/mol. The van der Waals surface area contributed by atoms with Crippen molar-refractivity contribution in [3.63, 3.8) is 0 Å². The minimum Gasteiger partial charge on any atom is -0.497 e. The number of amides is 1. The molecule has 0 N–H and O–H groups in total. The van der Waals surface area contributed by atoms with E-state index in [1.54, 1.807) is 7.11 Å². The minimum atomic E-state index is -4.44. The molecule has 1 fully saturated rings. The van der Waals surface area contributed by atoms with Crippen LogP contribution in [0.4, 0.5) is 13.2 Å². The Hall–Kier alpha value is -3.05. The van der Waals surface area contributed by atoms with Gasteiger partial charge in [0.1, 0.15) is 5.75 Å². The van der Waals surface area contributed by atoms with Gasteiger partial charge in [0.15, 0.2) is 0 Å². The Kier molecular flexibility index (Phi) is 7.42. The molecule has 0 unspecified atom stereocenters. The van der Waals surface area contributed by atoms with Gasteiger partial charge in [-0.25, -0.2) is 0 Å². The summed E-state index contributed by atoms with van der Waals surface area (Å²) < 4.78 is 49.2. The molecule has 4 rings (SSSR count). The third-order valence-corrected chi connectivity index (χ3v) is 6.42. The van der Waals surface area contributed by atoms with E-state index < -0.39 is 11.7 Å². The van der Waals surface area contributed by atoms with Crippen LogP contribution in [0.2, 0.25) is 0 Å². The van der Waals surface area contributed by atoms with Crippen molar-refractivity contribution in [3.05, 3.63) is 60.0 Å². The lowest BCUT2D eigenvalue weighted by atomic mass is 10.1. The summed E-state index contributed by atoms with van der Waals surface area (Å²) in [5.41, 5.74) is -0.517. The Labute approximate surface area is 198 Å². The molecular formula is C23H23F3N4O3S. The Morgan fingerprint density at radius 2 is 1.85 bits per heavy atom. The smallest absolute Gasteiger partial charge is 0.416 e. The first-order valence-corrected chi connectivity index (χ1v) is 11.6. The molecule has 0 saturated carbocycles. The number of benzene rings is 2. The minimum absolute atomic E-state index is 0.0742. The zero-order valence-electron chi connectivity index (χ0n) is 18.4. The van der Waals surface area contributed by atoms with Crippen molar-refractivity contribution in [2.45, 2.75) is 17.6 Å². The Balaban J connectivity index is 1.26. The average molecular weight is 493 g/mol. The van der Waals surface area contributed by atoms with Gasteiger partial charge in [-0.3, -0.25) is 9.69 Å². The van der Waals surface area contributed by atoms with E-state index in [0.29, 0.717) is 44.4 Å². The third kappa shape index (κ3) is 6.09. The SMILES string of the molecule is COc1ccc(SCC(=O)N2CCN(Cc3nc(-c4cccc(C(F)(F)F)c4)no3)CC2)cc1. The molecule has 2 heterocycles. The van der Waals surface area contributed by atoms with Crippen LogP contribution in [0.15, 0.2) is 57.9 Å². The van der Waals surface area contributed by atoms with Crippen molar-refractivity contribution >= 4 is 17.7 Å². The summed E-state index contributed by atoms with van der Waals surface area (Å²) in [4.78, 5) is 21.7. The standard InChI is InChI=1S/C23H23F3N4O3S/c1-32-18-5-7-19(8-6-18)34-15-21(31)30-11-9-29(10-12-30)14-20-27-22(28-33-20)16-3-2-4-17(13-16)23(24,25)26/h2-8,13H,9-12,14-15H2,1H3. The molecule has 1 aliphatic heterocycles. The lowest BCUT2D eigenvalue weighted by molar-refractivity contribution is -0.137. The molecule has 34 heavy (non-hydrogen) atoms. The molecule has 0 radical (unpaired) electrons. The Bertz CT molecular complexity index is 1110. The first-order valence-electron chi connectivity index (χ1n) is 10.6. The number of methoxy groups -OCH3 is 1. The van der Waals surface area contributed by atoms with E-state index in [0.717, 1.165) is 22.8 Å². The Morgan fingerprint density at radius 3 is 2.53 bits per heavy atom. The topological polar surface area (TPSA) is 71.7 Å². The maximum atomic E-state index is 12.9. The van der Waals surface area contributed by atoms with Gasteiger partial charge in [0.25, 0.3) is 0 Å². The van der Waals surface area contributed by atoms with Gasteiger partial charge >= 0.3 is 6.18 Å². The fourth-order valence-electron chi connectivity index (χ4n) is 3.53. The Morgan fingerprint density at radius 1 is 1.12 bits per heavy atom. The number of carbonyl (C=O) groups is 1. The summed E-state index contributed by atoms with van der Waals surface area (Å²) in [6, 6.07) is 12.4. The molecule has 3 aromatic rings.